The minimum absolute atomic E-state index is 0.568. The topological polar surface area (TPSA) is 24.5 Å². The molecule has 0 spiro atoms. The van der Waals surface area contributed by atoms with Crippen molar-refractivity contribution < 1.29 is 4.74 Å². The largest absolute Gasteiger partial charge is 0.491 e. The second kappa shape index (κ2) is 6.80. The lowest BCUT2D eigenvalue weighted by atomic mass is 10.1. The zero-order valence-corrected chi connectivity index (χ0v) is 12.4. The molecule has 0 saturated carbocycles. The van der Waals surface area contributed by atoms with Gasteiger partial charge in [-0.2, -0.15) is 0 Å². The molecule has 0 amide bonds. The first kappa shape index (κ1) is 14.2. The van der Waals surface area contributed by atoms with Crippen molar-refractivity contribution in [3.05, 3.63) is 24.3 Å². The number of fused-ring (bicyclic) bond motifs is 1. The molecule has 0 radical (unpaired) electrons. The molecule has 1 aliphatic heterocycles. The van der Waals surface area contributed by atoms with Crippen molar-refractivity contribution in [2.75, 3.05) is 31.1 Å². The molecule has 1 aromatic carbocycles. The fraction of sp³-hybridized carbons (Fsp3) is 0.625. The highest BCUT2D eigenvalue weighted by Crippen LogP contribution is 2.29. The Hall–Kier alpha value is -1.22. The summed E-state index contributed by atoms with van der Waals surface area (Å²) in [5.74, 6) is 1.71. The van der Waals surface area contributed by atoms with Crippen molar-refractivity contribution in [3.8, 4) is 5.75 Å². The van der Waals surface area contributed by atoms with Gasteiger partial charge in [0.1, 0.15) is 5.75 Å². The lowest BCUT2D eigenvalue weighted by Crippen LogP contribution is -2.38. The lowest BCUT2D eigenvalue weighted by Gasteiger charge is -2.25. The smallest absolute Gasteiger partial charge is 0.142 e. The zero-order valence-electron chi connectivity index (χ0n) is 12.4. The maximum absolute atomic E-state index is 5.78. The van der Waals surface area contributed by atoms with E-state index >= 15 is 0 Å². The minimum atomic E-state index is 0.568. The fourth-order valence-corrected chi connectivity index (χ4v) is 2.29. The summed E-state index contributed by atoms with van der Waals surface area (Å²) >= 11 is 0. The van der Waals surface area contributed by atoms with Gasteiger partial charge in [0.05, 0.1) is 12.3 Å². The molecule has 0 aromatic heterocycles. The number of para-hydroxylation sites is 2. The summed E-state index contributed by atoms with van der Waals surface area (Å²) < 4.78 is 5.78. The van der Waals surface area contributed by atoms with Crippen LogP contribution in [-0.4, -0.2) is 32.3 Å². The van der Waals surface area contributed by atoms with E-state index in [0.29, 0.717) is 12.0 Å². The molecule has 1 atom stereocenters. The molecule has 3 nitrogen and oxygen atoms in total. The molecule has 1 heterocycles. The summed E-state index contributed by atoms with van der Waals surface area (Å²) in [4.78, 5) is 2.43. The SMILES string of the molecule is CC(C)C(C)NCCN1CCCOc2ccccc21. The van der Waals surface area contributed by atoms with Gasteiger partial charge in [-0.25, -0.2) is 0 Å². The summed E-state index contributed by atoms with van der Waals surface area (Å²) in [6.45, 7) is 10.7. The third-order valence-corrected chi connectivity index (χ3v) is 3.88. The van der Waals surface area contributed by atoms with Gasteiger partial charge in [0.25, 0.3) is 0 Å². The van der Waals surface area contributed by atoms with Crippen LogP contribution >= 0.6 is 0 Å². The third kappa shape index (κ3) is 3.87. The van der Waals surface area contributed by atoms with Gasteiger partial charge in [-0.15, -0.1) is 0 Å². The third-order valence-electron chi connectivity index (χ3n) is 3.88. The van der Waals surface area contributed by atoms with Crippen LogP contribution in [0.3, 0.4) is 0 Å². The Morgan fingerprint density at radius 3 is 2.84 bits per heavy atom. The van der Waals surface area contributed by atoms with Gasteiger partial charge >= 0.3 is 0 Å². The highest BCUT2D eigenvalue weighted by Gasteiger charge is 2.15. The Bertz CT molecular complexity index is 392. The number of nitrogens with one attached hydrogen (secondary N) is 1. The van der Waals surface area contributed by atoms with Crippen molar-refractivity contribution in [3.63, 3.8) is 0 Å². The van der Waals surface area contributed by atoms with Crippen molar-refractivity contribution in [1.82, 2.24) is 5.32 Å². The minimum Gasteiger partial charge on any atom is -0.491 e. The maximum Gasteiger partial charge on any atom is 0.142 e. The van der Waals surface area contributed by atoms with Crippen LogP contribution in [0.15, 0.2) is 24.3 Å². The van der Waals surface area contributed by atoms with Crippen LogP contribution in [-0.2, 0) is 0 Å². The fourth-order valence-electron chi connectivity index (χ4n) is 2.29. The van der Waals surface area contributed by atoms with Crippen molar-refractivity contribution >= 4 is 5.69 Å². The molecule has 19 heavy (non-hydrogen) atoms. The molecule has 0 bridgehead atoms. The summed E-state index contributed by atoms with van der Waals surface area (Å²) in [5, 5.41) is 3.60. The van der Waals surface area contributed by atoms with E-state index in [0.717, 1.165) is 38.4 Å². The van der Waals surface area contributed by atoms with E-state index in [-0.39, 0.29) is 0 Å². The second-order valence-corrected chi connectivity index (χ2v) is 5.64. The van der Waals surface area contributed by atoms with Crippen molar-refractivity contribution in [2.45, 2.75) is 33.2 Å². The molecule has 1 unspecified atom stereocenters. The Morgan fingerprint density at radius 2 is 2.05 bits per heavy atom. The van der Waals surface area contributed by atoms with Gasteiger partial charge < -0.3 is 15.0 Å². The summed E-state index contributed by atoms with van der Waals surface area (Å²) in [5.41, 5.74) is 1.24. The number of anilines is 1. The molecule has 0 fully saturated rings. The van der Waals surface area contributed by atoms with E-state index in [1.54, 1.807) is 0 Å². The predicted octanol–water partition coefficient (Wildman–Crippen LogP) is 2.91. The molecule has 1 N–H and O–H groups in total. The van der Waals surface area contributed by atoms with Crippen LogP contribution in [0.25, 0.3) is 0 Å². The molecular formula is C16H26N2O. The van der Waals surface area contributed by atoms with Crippen LogP contribution in [0.2, 0.25) is 0 Å². The number of benzene rings is 1. The number of hydrogen-bond donors (Lipinski definition) is 1. The first-order valence-electron chi connectivity index (χ1n) is 7.38. The average molecular weight is 262 g/mol. The quantitative estimate of drug-likeness (QED) is 0.883. The van der Waals surface area contributed by atoms with Crippen LogP contribution in [0.1, 0.15) is 27.2 Å². The van der Waals surface area contributed by atoms with E-state index in [1.165, 1.54) is 5.69 Å². The van der Waals surface area contributed by atoms with E-state index < -0.39 is 0 Å². The number of rotatable bonds is 5. The van der Waals surface area contributed by atoms with Crippen molar-refractivity contribution in [1.29, 1.82) is 0 Å². The van der Waals surface area contributed by atoms with Crippen LogP contribution in [0.5, 0.6) is 5.75 Å². The Morgan fingerprint density at radius 1 is 1.26 bits per heavy atom. The van der Waals surface area contributed by atoms with Gasteiger partial charge in [0.2, 0.25) is 0 Å². The molecule has 0 aliphatic carbocycles. The highest BCUT2D eigenvalue weighted by molar-refractivity contribution is 5.58. The van der Waals surface area contributed by atoms with Gasteiger partial charge in [0.15, 0.2) is 0 Å². The monoisotopic (exact) mass is 262 g/mol. The summed E-state index contributed by atoms with van der Waals surface area (Å²) in [6.07, 6.45) is 1.09. The highest BCUT2D eigenvalue weighted by atomic mass is 16.5. The standard InChI is InChI=1S/C16H26N2O/c1-13(2)14(3)17-9-11-18-10-6-12-19-16-8-5-4-7-15(16)18/h4-5,7-8,13-14,17H,6,9-12H2,1-3H3. The Balaban J connectivity index is 1.93. The second-order valence-electron chi connectivity index (χ2n) is 5.64. The maximum atomic E-state index is 5.78. The van der Waals surface area contributed by atoms with Crippen LogP contribution in [0.4, 0.5) is 5.69 Å². The summed E-state index contributed by atoms with van der Waals surface area (Å²) in [7, 11) is 0. The van der Waals surface area contributed by atoms with E-state index in [1.807, 2.05) is 6.07 Å². The molecule has 1 aromatic rings. The van der Waals surface area contributed by atoms with E-state index in [9.17, 15) is 0 Å². The Kier molecular flexibility index (Phi) is 5.08. The number of hydrogen-bond acceptors (Lipinski definition) is 3. The van der Waals surface area contributed by atoms with Gasteiger partial charge in [0, 0.05) is 25.7 Å². The van der Waals surface area contributed by atoms with Crippen molar-refractivity contribution in [2.24, 2.45) is 5.92 Å². The molecule has 0 saturated heterocycles. The van der Waals surface area contributed by atoms with Gasteiger partial charge in [-0.1, -0.05) is 26.0 Å². The van der Waals surface area contributed by atoms with Gasteiger partial charge in [-0.05, 0) is 31.4 Å². The van der Waals surface area contributed by atoms with Crippen LogP contribution in [0, 0.1) is 5.92 Å². The van der Waals surface area contributed by atoms with Crippen LogP contribution < -0.4 is 15.0 Å². The molecule has 1 aliphatic rings. The molecule has 3 heteroatoms. The summed E-state index contributed by atoms with van der Waals surface area (Å²) in [6, 6.07) is 8.93. The molecule has 106 valence electrons. The lowest BCUT2D eigenvalue weighted by molar-refractivity contribution is 0.322. The van der Waals surface area contributed by atoms with E-state index in [2.05, 4.69) is 49.2 Å². The average Bonchev–Trinajstić information content (AvgIpc) is 2.61. The predicted molar refractivity (Wildman–Crippen MR) is 81.1 cm³/mol. The molecule has 2 rings (SSSR count). The van der Waals surface area contributed by atoms with Gasteiger partial charge in [-0.3, -0.25) is 0 Å². The Labute approximate surface area is 116 Å². The zero-order chi connectivity index (χ0) is 13.7. The first-order chi connectivity index (χ1) is 9.18. The normalized spacial score (nSPS) is 16.7. The molecular weight excluding hydrogens is 236 g/mol. The number of nitrogens with zero attached hydrogens (tertiary/aromatic N) is 1. The van der Waals surface area contributed by atoms with E-state index in [4.69, 9.17) is 4.74 Å². The number of ether oxygens (including phenoxy) is 1. The first-order valence-corrected chi connectivity index (χ1v) is 7.38.